The monoisotopic (exact) mass is 136 g/mol. The Morgan fingerprint density at radius 2 is 1.25 bits per heavy atom. The second-order valence-corrected chi connectivity index (χ2v) is 1.00. The van der Waals surface area contributed by atoms with E-state index < -0.39 is 15.3 Å². The highest BCUT2D eigenvalue weighted by atomic mass is 28.3. The molecule has 0 saturated carbocycles. The predicted octanol–water partition coefficient (Wildman–Crippen LogP) is -5.32. The van der Waals surface area contributed by atoms with Gasteiger partial charge in [0.15, 0.2) is 0 Å². The van der Waals surface area contributed by atoms with Gasteiger partial charge < -0.3 is 29.1 Å². The third-order valence-electron chi connectivity index (χ3n) is 0. The molecule has 0 radical (unpaired) electrons. The zero-order chi connectivity index (χ0) is 7.15. The standard InChI is InChI=1S/CH2O3.O3Si/c2-1(3)4;1-4(2)3/h(H2,2,3,4);/q;-2/p-2. The van der Waals surface area contributed by atoms with Gasteiger partial charge in [0.25, 0.3) is 0 Å². The normalized spacial score (nSPS) is 6.00. The van der Waals surface area contributed by atoms with Crippen molar-refractivity contribution in [3.05, 3.63) is 0 Å². The molecule has 0 N–H and O–H groups in total. The minimum absolute atomic E-state index is 2.33. The van der Waals surface area contributed by atoms with Crippen molar-refractivity contribution in [1.29, 1.82) is 0 Å². The van der Waals surface area contributed by atoms with E-state index in [1.54, 1.807) is 0 Å². The van der Waals surface area contributed by atoms with E-state index in [-0.39, 0.29) is 0 Å². The molecule has 0 atom stereocenters. The molecule has 0 unspecified atom stereocenters. The van der Waals surface area contributed by atoms with Gasteiger partial charge in [-0.25, -0.2) is 0 Å². The van der Waals surface area contributed by atoms with Crippen LogP contribution in [0.5, 0.6) is 0 Å². The number of carboxylic acid groups (broad SMARTS) is 2. The summed E-state index contributed by atoms with van der Waals surface area (Å²) in [4.78, 5) is 25.4. The summed E-state index contributed by atoms with van der Waals surface area (Å²) >= 11 is 0. The highest BCUT2D eigenvalue weighted by Gasteiger charge is 1.29. The Morgan fingerprint density at radius 3 is 1.25 bits per heavy atom. The zero-order valence-electron chi connectivity index (χ0n) is 3.45. The Balaban J connectivity index is 0. The maximum absolute atomic E-state index is 8.52. The fourth-order valence-electron chi connectivity index (χ4n) is 0. The lowest BCUT2D eigenvalue weighted by Crippen LogP contribution is -2.37. The molecular weight excluding hydrogens is 136 g/mol. The second-order valence-electron chi connectivity index (χ2n) is 0.500. The van der Waals surface area contributed by atoms with Crippen LogP contribution in [-0.4, -0.2) is 15.3 Å². The highest BCUT2D eigenvalue weighted by Crippen LogP contribution is 1.21. The van der Waals surface area contributed by atoms with E-state index in [1.165, 1.54) is 0 Å². The van der Waals surface area contributed by atoms with Gasteiger partial charge in [-0.05, 0) is 6.16 Å². The van der Waals surface area contributed by atoms with Crippen LogP contribution in [0.2, 0.25) is 0 Å². The van der Waals surface area contributed by atoms with Gasteiger partial charge in [-0.3, -0.25) is 0 Å². The molecule has 48 valence electrons. The van der Waals surface area contributed by atoms with Crippen molar-refractivity contribution in [3.63, 3.8) is 0 Å². The van der Waals surface area contributed by atoms with Crippen molar-refractivity contribution in [1.82, 2.24) is 0 Å². The maximum atomic E-state index is 8.52. The van der Waals surface area contributed by atoms with Gasteiger partial charge >= 0.3 is 0 Å². The summed E-state index contributed by atoms with van der Waals surface area (Å²) in [5.41, 5.74) is 0. The van der Waals surface area contributed by atoms with Crippen molar-refractivity contribution in [2.24, 2.45) is 0 Å². The smallest absolute Gasteiger partial charge is 0.0172 e. The van der Waals surface area contributed by atoms with Crippen LogP contribution in [0.1, 0.15) is 0 Å². The number of carbonyl (C=O) groups excluding carboxylic acids is 1. The first-order valence-electron chi connectivity index (χ1n) is 1.22. The molecule has 0 saturated heterocycles. The number of hydrogen-bond acceptors (Lipinski definition) is 6. The third kappa shape index (κ3) is 59.6. The van der Waals surface area contributed by atoms with Crippen LogP contribution in [0.15, 0.2) is 0 Å². The first-order chi connectivity index (χ1) is 3.46. The minimum atomic E-state index is -3.63. The Morgan fingerprint density at radius 1 is 1.25 bits per heavy atom. The molecule has 0 aromatic carbocycles. The molecule has 0 heterocycles. The van der Waals surface area contributed by atoms with E-state index >= 15 is 0 Å². The van der Waals surface area contributed by atoms with Crippen molar-refractivity contribution in [2.75, 3.05) is 0 Å². The van der Waals surface area contributed by atoms with Crippen LogP contribution in [-0.2, 0) is 4.46 Å². The Labute approximate surface area is 45.5 Å². The summed E-state index contributed by atoms with van der Waals surface area (Å²) in [7, 11) is -3.63. The first-order valence-corrected chi connectivity index (χ1v) is 2.45. The van der Waals surface area contributed by atoms with Gasteiger partial charge in [0, 0.05) is 9.17 Å². The van der Waals surface area contributed by atoms with Gasteiger partial charge in [-0.2, -0.15) is 0 Å². The Bertz CT molecular complexity index is 66.5. The summed E-state index contributed by atoms with van der Waals surface area (Å²) < 4.78 is 8.52. The molecule has 0 amide bonds. The largest absolute Gasteiger partial charge is 0.672 e. The van der Waals surface area contributed by atoms with Crippen LogP contribution < -0.4 is 19.8 Å². The van der Waals surface area contributed by atoms with E-state index in [1.807, 2.05) is 0 Å². The minimum Gasteiger partial charge on any atom is -0.672 e. The van der Waals surface area contributed by atoms with Crippen molar-refractivity contribution >= 4 is 15.3 Å². The molecule has 0 bridgehead atoms. The molecule has 7 heteroatoms. The molecule has 0 aromatic rings. The van der Waals surface area contributed by atoms with Crippen molar-refractivity contribution in [3.8, 4) is 0 Å². The second kappa shape index (κ2) is 5.89. The number of rotatable bonds is 0. The quantitative estimate of drug-likeness (QED) is 0.306. The van der Waals surface area contributed by atoms with Gasteiger partial charge in [-0.1, -0.05) is 0 Å². The first kappa shape index (κ1) is 9.99. The summed E-state index contributed by atoms with van der Waals surface area (Å²) in [6.07, 6.45) is -2.33. The molecule has 0 rings (SSSR count). The SMILES string of the molecule is O=C([O-])[O-].O=[Si]([O-])[O-]. The fourth-order valence-corrected chi connectivity index (χ4v) is 0. The summed E-state index contributed by atoms with van der Waals surface area (Å²) in [5.74, 6) is 0. The average molecular weight is 136 g/mol. The zero-order valence-corrected chi connectivity index (χ0v) is 4.45. The molecular formula is CO6Si-4. The van der Waals surface area contributed by atoms with E-state index in [9.17, 15) is 0 Å². The Kier molecular flexibility index (Phi) is 7.35. The van der Waals surface area contributed by atoms with E-state index in [0.29, 0.717) is 0 Å². The Hall–Kier alpha value is -1.11. The maximum Gasteiger partial charge on any atom is 0.0172 e. The summed E-state index contributed by atoms with van der Waals surface area (Å²) in [5, 5.41) is 16.7. The highest BCUT2D eigenvalue weighted by molar-refractivity contribution is 6.17. The third-order valence-corrected chi connectivity index (χ3v) is 0. The number of carbonyl (C=O) groups is 1. The summed E-state index contributed by atoms with van der Waals surface area (Å²) in [6, 6.07) is 0. The van der Waals surface area contributed by atoms with E-state index in [0.717, 1.165) is 0 Å². The topological polar surface area (TPSA) is 126 Å². The van der Waals surface area contributed by atoms with Gasteiger partial charge in [-0.15, -0.1) is 0 Å². The lowest BCUT2D eigenvalue weighted by molar-refractivity contribution is -0.415. The summed E-state index contributed by atoms with van der Waals surface area (Å²) in [6.45, 7) is 0. The van der Waals surface area contributed by atoms with Crippen LogP contribution in [0.4, 0.5) is 4.79 Å². The molecule has 0 aliphatic rings. The van der Waals surface area contributed by atoms with Gasteiger partial charge in [0.2, 0.25) is 0 Å². The van der Waals surface area contributed by atoms with Crippen LogP contribution >= 0.6 is 0 Å². The van der Waals surface area contributed by atoms with Crippen molar-refractivity contribution in [2.45, 2.75) is 0 Å². The average Bonchev–Trinajstić information content (AvgIpc) is 1.25. The van der Waals surface area contributed by atoms with E-state index in [2.05, 4.69) is 0 Å². The molecule has 0 fully saturated rings. The van der Waals surface area contributed by atoms with Gasteiger partial charge in [0.1, 0.15) is 0 Å². The predicted molar refractivity (Wildman–Crippen MR) is 11.8 cm³/mol. The lowest BCUT2D eigenvalue weighted by Gasteiger charge is -1.96. The van der Waals surface area contributed by atoms with Crippen LogP contribution in [0.25, 0.3) is 0 Å². The van der Waals surface area contributed by atoms with E-state index in [4.69, 9.17) is 29.1 Å². The number of hydrogen-bond donors (Lipinski definition) is 0. The molecule has 6 nitrogen and oxygen atoms in total. The lowest BCUT2D eigenvalue weighted by atomic mass is 11.5. The molecule has 0 spiro atoms. The molecule has 8 heavy (non-hydrogen) atoms. The molecule has 0 aliphatic carbocycles. The fraction of sp³-hybridized carbons (Fsp3) is 0. The molecule has 0 aromatic heterocycles. The van der Waals surface area contributed by atoms with Crippen LogP contribution in [0.3, 0.4) is 0 Å². The van der Waals surface area contributed by atoms with Gasteiger partial charge in [0.05, 0.1) is 0 Å². The molecule has 0 aliphatic heterocycles. The van der Waals surface area contributed by atoms with Crippen molar-refractivity contribution < 1.29 is 29.1 Å². The van der Waals surface area contributed by atoms with Crippen LogP contribution in [0, 0.1) is 0 Å².